The van der Waals surface area contributed by atoms with Crippen LogP contribution in [-0.2, 0) is 4.79 Å². The third-order valence-electron chi connectivity index (χ3n) is 7.55. The number of piperidine rings is 1. The van der Waals surface area contributed by atoms with Crippen LogP contribution in [0.5, 0.6) is 5.75 Å². The summed E-state index contributed by atoms with van der Waals surface area (Å²) in [5.41, 5.74) is 1.88. The molecule has 12 heteroatoms. The van der Waals surface area contributed by atoms with Crippen molar-refractivity contribution in [3.63, 3.8) is 0 Å². The molecule has 1 atom stereocenters. The Morgan fingerprint density at radius 1 is 1.17 bits per heavy atom. The smallest absolute Gasteiger partial charge is 0.257 e. The number of amides is 2. The maximum atomic E-state index is 12.9. The molecule has 3 aromatic heterocycles. The highest BCUT2D eigenvalue weighted by Gasteiger charge is 2.26. The molecular formula is C30H35N9O3. The summed E-state index contributed by atoms with van der Waals surface area (Å²) in [6.45, 7) is 4.00. The third-order valence-corrected chi connectivity index (χ3v) is 7.55. The number of likely N-dealkylation sites (tertiary alicyclic amines) is 1. The van der Waals surface area contributed by atoms with Gasteiger partial charge in [0.1, 0.15) is 0 Å². The van der Waals surface area contributed by atoms with Crippen LogP contribution in [-0.4, -0.2) is 85.3 Å². The molecule has 0 bridgehead atoms. The van der Waals surface area contributed by atoms with Crippen molar-refractivity contribution in [3.8, 4) is 5.75 Å². The second-order valence-electron chi connectivity index (χ2n) is 10.9. The van der Waals surface area contributed by atoms with Gasteiger partial charge < -0.3 is 20.0 Å². The molecule has 2 aliphatic rings. The number of H-pyrrole nitrogens is 1. The summed E-state index contributed by atoms with van der Waals surface area (Å²) in [7, 11) is 2.10. The van der Waals surface area contributed by atoms with Gasteiger partial charge in [-0.05, 0) is 76.1 Å². The molecule has 1 aromatic carbocycles. The molecule has 42 heavy (non-hydrogen) atoms. The zero-order valence-electron chi connectivity index (χ0n) is 23.8. The van der Waals surface area contributed by atoms with E-state index in [0.717, 1.165) is 37.0 Å². The molecule has 1 aliphatic carbocycles. The van der Waals surface area contributed by atoms with Gasteiger partial charge in [0, 0.05) is 61.4 Å². The molecule has 2 fully saturated rings. The predicted octanol–water partition coefficient (Wildman–Crippen LogP) is 3.61. The summed E-state index contributed by atoms with van der Waals surface area (Å²) in [5, 5.41) is 11.7. The van der Waals surface area contributed by atoms with Crippen molar-refractivity contribution in [1.82, 2.24) is 34.7 Å². The van der Waals surface area contributed by atoms with Gasteiger partial charge in [-0.25, -0.2) is 9.97 Å². The van der Waals surface area contributed by atoms with Crippen molar-refractivity contribution in [1.29, 1.82) is 0 Å². The number of fused-ring (bicyclic) bond motifs is 1. The molecule has 1 saturated heterocycles. The number of nitrogens with one attached hydrogen (secondary N) is 3. The van der Waals surface area contributed by atoms with Crippen LogP contribution in [0.2, 0.25) is 0 Å². The fourth-order valence-corrected chi connectivity index (χ4v) is 5.10. The predicted molar refractivity (Wildman–Crippen MR) is 159 cm³/mol. The quantitative estimate of drug-likeness (QED) is 0.247. The van der Waals surface area contributed by atoms with E-state index in [4.69, 9.17) is 4.84 Å². The maximum Gasteiger partial charge on any atom is 0.257 e. The minimum atomic E-state index is -0.283. The Morgan fingerprint density at radius 2 is 2.00 bits per heavy atom. The standard InChI is InChI=1S/C30H35N9O3/c1-20-18-32-30(33-20)35-29(41)21-9-13-24(14-10-21)42-39-28-25(7-3-15-31-28)27(36-39)34-22-6-4-17-38(19-22)26(40)8-5-16-37(2)23-11-12-23/h3,5,7-10,13-15,18,22-23H,4,6,11-12,16-17,19H2,1-2H3,(H,34,36)(H2,32,33,35,41)/t22-/m1/s1. The third kappa shape index (κ3) is 6.44. The highest BCUT2D eigenvalue weighted by atomic mass is 16.7. The minimum Gasteiger partial charge on any atom is -0.363 e. The number of aryl methyl sites for hydroxylation is 1. The number of hydrogen-bond acceptors (Lipinski definition) is 8. The Bertz CT molecular complexity index is 1590. The van der Waals surface area contributed by atoms with Gasteiger partial charge in [-0.2, -0.15) is 0 Å². The number of rotatable bonds is 10. The molecule has 1 aliphatic heterocycles. The lowest BCUT2D eigenvalue weighted by molar-refractivity contribution is -0.127. The average molecular weight is 570 g/mol. The number of likely N-dealkylation sites (N-methyl/N-ethyl adjacent to an activating group) is 1. The largest absolute Gasteiger partial charge is 0.363 e. The zero-order chi connectivity index (χ0) is 29.1. The van der Waals surface area contributed by atoms with E-state index in [1.165, 1.54) is 17.7 Å². The lowest BCUT2D eigenvalue weighted by Crippen LogP contribution is -2.44. The van der Waals surface area contributed by atoms with E-state index in [9.17, 15) is 9.59 Å². The Morgan fingerprint density at radius 3 is 2.76 bits per heavy atom. The van der Waals surface area contributed by atoms with E-state index >= 15 is 0 Å². The minimum absolute atomic E-state index is 0.0440. The van der Waals surface area contributed by atoms with Crippen molar-refractivity contribution < 1.29 is 14.4 Å². The van der Waals surface area contributed by atoms with Gasteiger partial charge in [0.2, 0.25) is 17.5 Å². The monoisotopic (exact) mass is 569 g/mol. The number of aromatic nitrogens is 5. The van der Waals surface area contributed by atoms with Gasteiger partial charge in [-0.3, -0.25) is 19.8 Å². The first-order valence-electron chi connectivity index (χ1n) is 14.3. The molecule has 4 aromatic rings. The number of pyridine rings is 1. The molecule has 12 nitrogen and oxygen atoms in total. The van der Waals surface area contributed by atoms with Crippen LogP contribution in [0, 0.1) is 6.92 Å². The van der Waals surface area contributed by atoms with Crippen molar-refractivity contribution in [2.45, 2.75) is 44.7 Å². The second kappa shape index (κ2) is 12.0. The van der Waals surface area contributed by atoms with Gasteiger partial charge in [-0.1, -0.05) is 10.9 Å². The number of benzene rings is 1. The van der Waals surface area contributed by atoms with Crippen LogP contribution in [0.25, 0.3) is 11.0 Å². The first-order chi connectivity index (χ1) is 20.4. The van der Waals surface area contributed by atoms with Gasteiger partial charge in [0.05, 0.1) is 5.39 Å². The number of aromatic amines is 1. The van der Waals surface area contributed by atoms with E-state index in [2.05, 4.69) is 42.6 Å². The lowest BCUT2D eigenvalue weighted by Gasteiger charge is -2.32. The number of carbonyl (C=O) groups excluding carboxylic acids is 2. The summed E-state index contributed by atoms with van der Waals surface area (Å²) >= 11 is 0. The van der Waals surface area contributed by atoms with Crippen LogP contribution < -0.4 is 15.5 Å². The highest BCUT2D eigenvalue weighted by Crippen LogP contribution is 2.26. The average Bonchev–Trinajstić information content (AvgIpc) is 3.70. The number of anilines is 2. The zero-order valence-corrected chi connectivity index (χ0v) is 23.8. The molecule has 0 unspecified atom stereocenters. The summed E-state index contributed by atoms with van der Waals surface area (Å²) in [6, 6.07) is 11.3. The molecule has 2 amide bonds. The SMILES string of the molecule is Cc1cnc(NC(=O)c2ccc(On3nc(N[C@@H]4CCCN(C(=O)C=CCN(C)C5CC5)C4)c4cccnc43)cc2)[nH]1. The van der Waals surface area contributed by atoms with E-state index < -0.39 is 0 Å². The first-order valence-corrected chi connectivity index (χ1v) is 14.3. The van der Waals surface area contributed by atoms with Gasteiger partial charge >= 0.3 is 0 Å². The topological polar surface area (TPSA) is 133 Å². The normalized spacial score (nSPS) is 17.2. The van der Waals surface area contributed by atoms with Gasteiger partial charge in [0.25, 0.3) is 5.91 Å². The second-order valence-corrected chi connectivity index (χ2v) is 10.9. The summed E-state index contributed by atoms with van der Waals surface area (Å²) in [4.78, 5) is 48.6. The fraction of sp³-hybridized carbons (Fsp3) is 0.367. The van der Waals surface area contributed by atoms with Crippen LogP contribution in [0.1, 0.15) is 41.7 Å². The van der Waals surface area contributed by atoms with Gasteiger partial charge in [-0.15, -0.1) is 5.10 Å². The van der Waals surface area contributed by atoms with Crippen molar-refractivity contribution in [2.24, 2.45) is 0 Å². The molecule has 4 heterocycles. The summed E-state index contributed by atoms with van der Waals surface area (Å²) in [6.07, 6.45) is 11.3. The molecule has 0 radical (unpaired) electrons. The number of nitrogens with zero attached hydrogens (tertiary/aromatic N) is 6. The molecule has 1 saturated carbocycles. The number of hydrogen-bond donors (Lipinski definition) is 3. The van der Waals surface area contributed by atoms with E-state index in [1.54, 1.807) is 42.7 Å². The van der Waals surface area contributed by atoms with E-state index in [0.29, 0.717) is 41.3 Å². The lowest BCUT2D eigenvalue weighted by atomic mass is 10.1. The van der Waals surface area contributed by atoms with Crippen molar-refractivity contribution in [3.05, 3.63) is 72.2 Å². The Hall–Kier alpha value is -4.71. The molecule has 6 rings (SSSR count). The maximum absolute atomic E-state index is 12.9. The van der Waals surface area contributed by atoms with Crippen LogP contribution >= 0.6 is 0 Å². The number of imidazole rings is 1. The van der Waals surface area contributed by atoms with Crippen molar-refractivity contribution in [2.75, 3.05) is 37.3 Å². The van der Waals surface area contributed by atoms with Crippen LogP contribution in [0.3, 0.4) is 0 Å². The first kappa shape index (κ1) is 27.5. The number of carbonyl (C=O) groups is 2. The Balaban J connectivity index is 1.10. The molecule has 3 N–H and O–H groups in total. The summed E-state index contributed by atoms with van der Waals surface area (Å²) < 4.78 is 0. The highest BCUT2D eigenvalue weighted by molar-refractivity contribution is 6.03. The van der Waals surface area contributed by atoms with Crippen LogP contribution in [0.15, 0.2) is 60.9 Å². The summed E-state index contributed by atoms with van der Waals surface area (Å²) in [5.74, 6) is 1.29. The van der Waals surface area contributed by atoms with Gasteiger partial charge in [0.15, 0.2) is 11.6 Å². The van der Waals surface area contributed by atoms with E-state index in [-0.39, 0.29) is 17.9 Å². The molecular weight excluding hydrogens is 534 g/mol. The van der Waals surface area contributed by atoms with E-state index in [1.807, 2.05) is 30.0 Å². The Kier molecular flexibility index (Phi) is 7.87. The molecule has 0 spiro atoms. The van der Waals surface area contributed by atoms with Crippen LogP contribution in [0.4, 0.5) is 11.8 Å². The Labute approximate surface area is 243 Å². The fourth-order valence-electron chi connectivity index (χ4n) is 5.10. The molecule has 218 valence electrons. The van der Waals surface area contributed by atoms with Crippen molar-refractivity contribution >= 4 is 34.6 Å².